The van der Waals surface area contributed by atoms with E-state index in [1.54, 1.807) is 0 Å². The fourth-order valence-electron chi connectivity index (χ4n) is 1.44. The van der Waals surface area contributed by atoms with E-state index in [4.69, 9.17) is 20.6 Å². The molecule has 0 amide bonds. The summed E-state index contributed by atoms with van der Waals surface area (Å²) in [6, 6.07) is 2.45. The number of hydrogen-bond donors (Lipinski definition) is 4. The first-order valence-corrected chi connectivity index (χ1v) is 6.67. The van der Waals surface area contributed by atoms with Crippen molar-refractivity contribution in [1.82, 2.24) is 0 Å². The molecule has 1 aromatic carbocycles. The Hall–Kier alpha value is -1.47. The molecule has 0 heterocycles. The van der Waals surface area contributed by atoms with Gasteiger partial charge in [-0.15, -0.1) is 0 Å². The van der Waals surface area contributed by atoms with Gasteiger partial charge in [-0.2, -0.15) is 0 Å². The lowest BCUT2D eigenvalue weighted by molar-refractivity contribution is -0.138. The van der Waals surface area contributed by atoms with Crippen molar-refractivity contribution in [2.75, 3.05) is 0 Å². The maximum absolute atomic E-state index is 12.8. The molecule has 9 heteroatoms. The highest BCUT2D eigenvalue weighted by Gasteiger charge is 2.18. The molecule has 0 saturated heterocycles. The van der Waals surface area contributed by atoms with Crippen LogP contribution < -0.4 is 10.3 Å². The first kappa shape index (κ1) is 15.6. The van der Waals surface area contributed by atoms with Crippen molar-refractivity contribution < 1.29 is 33.2 Å². The maximum Gasteiger partial charge on any atom is 0.524 e. The predicted molar refractivity (Wildman–Crippen MR) is 63.2 cm³/mol. The van der Waals surface area contributed by atoms with Gasteiger partial charge in [0.1, 0.15) is 18.5 Å². The summed E-state index contributed by atoms with van der Waals surface area (Å²) in [6.07, 6.45) is -0.0925. The molecule has 1 aromatic rings. The number of carboxylic acid groups (broad SMARTS) is 1. The van der Waals surface area contributed by atoms with Crippen molar-refractivity contribution in [3.8, 4) is 5.75 Å². The van der Waals surface area contributed by atoms with Gasteiger partial charge in [0.2, 0.25) is 0 Å². The number of nitrogens with two attached hydrogens (primary N) is 1. The van der Waals surface area contributed by atoms with Crippen LogP contribution in [0.5, 0.6) is 5.75 Å². The smallest absolute Gasteiger partial charge is 0.480 e. The Bertz CT molecular complexity index is 517. The second-order valence-corrected chi connectivity index (χ2v) is 4.96. The van der Waals surface area contributed by atoms with Crippen LogP contribution >= 0.6 is 7.82 Å². The van der Waals surface area contributed by atoms with E-state index < -0.39 is 26.5 Å². The van der Waals surface area contributed by atoms with Gasteiger partial charge in [0.05, 0.1) is 0 Å². The van der Waals surface area contributed by atoms with Crippen LogP contribution in [0.4, 0.5) is 4.39 Å². The lowest BCUT2D eigenvalue weighted by Gasteiger charge is -2.12. The normalized spacial score (nSPS) is 13.1. The average Bonchev–Trinajstić information content (AvgIpc) is 2.28. The van der Waals surface area contributed by atoms with E-state index in [1.807, 2.05) is 0 Å². The quantitative estimate of drug-likeness (QED) is 0.564. The Balaban J connectivity index is 2.96. The van der Waals surface area contributed by atoms with Gasteiger partial charge < -0.3 is 15.4 Å². The Morgan fingerprint density at radius 1 is 1.42 bits per heavy atom. The summed E-state index contributed by atoms with van der Waals surface area (Å²) < 4.78 is 27.7. The number of alkyl halides is 1. The van der Waals surface area contributed by atoms with Crippen LogP contribution in [0.15, 0.2) is 18.2 Å². The Morgan fingerprint density at radius 2 is 2.05 bits per heavy atom. The minimum Gasteiger partial charge on any atom is -0.480 e. The van der Waals surface area contributed by atoms with Gasteiger partial charge in [0.25, 0.3) is 0 Å². The van der Waals surface area contributed by atoms with Gasteiger partial charge in [-0.05, 0) is 29.7 Å². The van der Waals surface area contributed by atoms with Gasteiger partial charge in [-0.1, -0.05) is 6.07 Å². The van der Waals surface area contributed by atoms with Crippen LogP contribution in [0.1, 0.15) is 11.1 Å². The molecule has 1 atom stereocenters. The molecule has 106 valence electrons. The maximum atomic E-state index is 12.8. The summed E-state index contributed by atoms with van der Waals surface area (Å²) in [5.74, 6) is -1.42. The van der Waals surface area contributed by atoms with E-state index >= 15 is 0 Å². The van der Waals surface area contributed by atoms with Gasteiger partial charge in [0.15, 0.2) is 0 Å². The Kier molecular flexibility index (Phi) is 5.02. The molecule has 1 rings (SSSR count). The van der Waals surface area contributed by atoms with Gasteiger partial charge in [-0.3, -0.25) is 14.6 Å². The fraction of sp³-hybridized carbons (Fsp3) is 0.300. The van der Waals surface area contributed by atoms with E-state index in [-0.39, 0.29) is 17.7 Å². The summed E-state index contributed by atoms with van der Waals surface area (Å²) in [4.78, 5) is 27.9. The first-order valence-electron chi connectivity index (χ1n) is 5.14. The number of halogens is 1. The molecule has 0 fully saturated rings. The van der Waals surface area contributed by atoms with E-state index in [0.717, 1.165) is 6.07 Å². The van der Waals surface area contributed by atoms with Crippen molar-refractivity contribution in [3.63, 3.8) is 0 Å². The second kappa shape index (κ2) is 6.12. The minimum atomic E-state index is -4.72. The number of hydrogen-bond acceptors (Lipinski definition) is 4. The number of benzene rings is 1. The monoisotopic (exact) mass is 293 g/mol. The van der Waals surface area contributed by atoms with Gasteiger partial charge >= 0.3 is 13.8 Å². The minimum absolute atomic E-state index is 0.0719. The van der Waals surface area contributed by atoms with Crippen LogP contribution in [-0.2, 0) is 22.5 Å². The van der Waals surface area contributed by atoms with E-state index in [1.165, 1.54) is 12.1 Å². The topological polar surface area (TPSA) is 130 Å². The standard InChI is InChI=1S/C10H13FNO6P/c11-5-7-3-8(18-19(15,16)17)2-1-6(7)4-9(12)10(13)14/h1-3,9H,4-5,12H2,(H,13,14)(H2,15,16,17)/t9-/m0/s1. The molecule has 19 heavy (non-hydrogen) atoms. The van der Waals surface area contributed by atoms with Crippen molar-refractivity contribution in [1.29, 1.82) is 0 Å². The van der Waals surface area contributed by atoms with Crippen molar-refractivity contribution in [3.05, 3.63) is 29.3 Å². The number of phosphoric ester groups is 1. The predicted octanol–water partition coefficient (Wildman–Crippen LogP) is 0.582. The molecule has 0 spiro atoms. The highest BCUT2D eigenvalue weighted by Crippen LogP contribution is 2.38. The first-order chi connectivity index (χ1) is 8.73. The van der Waals surface area contributed by atoms with Gasteiger partial charge in [0, 0.05) is 0 Å². The summed E-state index contributed by atoms with van der Waals surface area (Å²) in [5.41, 5.74) is 5.75. The molecule has 0 aliphatic carbocycles. The molecule has 7 nitrogen and oxygen atoms in total. The highest BCUT2D eigenvalue weighted by atomic mass is 31.2. The molecular weight excluding hydrogens is 280 g/mol. The van der Waals surface area contributed by atoms with Crippen molar-refractivity contribution in [2.24, 2.45) is 5.73 Å². The van der Waals surface area contributed by atoms with Crippen LogP contribution in [0.2, 0.25) is 0 Å². The third-order valence-electron chi connectivity index (χ3n) is 2.30. The molecule has 0 bridgehead atoms. The Labute approximate surface area is 108 Å². The van der Waals surface area contributed by atoms with Crippen LogP contribution in [0.3, 0.4) is 0 Å². The lowest BCUT2D eigenvalue weighted by atomic mass is 10.0. The second-order valence-electron chi connectivity index (χ2n) is 3.79. The van der Waals surface area contributed by atoms with Crippen LogP contribution in [0, 0.1) is 0 Å². The third-order valence-corrected chi connectivity index (χ3v) is 2.75. The zero-order valence-corrected chi connectivity index (χ0v) is 10.6. The lowest BCUT2D eigenvalue weighted by Crippen LogP contribution is -2.32. The Morgan fingerprint density at radius 3 is 2.53 bits per heavy atom. The van der Waals surface area contributed by atoms with Crippen molar-refractivity contribution >= 4 is 13.8 Å². The van der Waals surface area contributed by atoms with E-state index in [0.29, 0.717) is 5.56 Å². The van der Waals surface area contributed by atoms with E-state index in [2.05, 4.69) is 4.52 Å². The molecule has 0 aliphatic heterocycles. The zero-order valence-electron chi connectivity index (χ0n) is 9.69. The van der Waals surface area contributed by atoms with Crippen LogP contribution in [-0.4, -0.2) is 26.9 Å². The zero-order chi connectivity index (χ0) is 14.6. The molecule has 0 radical (unpaired) electrons. The molecule has 5 N–H and O–H groups in total. The number of carboxylic acids is 1. The summed E-state index contributed by atoms with van der Waals surface area (Å²) >= 11 is 0. The number of aliphatic carboxylic acids is 1. The molecule has 0 aromatic heterocycles. The summed E-state index contributed by atoms with van der Waals surface area (Å²) in [5, 5.41) is 8.67. The fourth-order valence-corrected chi connectivity index (χ4v) is 1.83. The SMILES string of the molecule is N[C@@H](Cc1ccc(OP(=O)(O)O)cc1CF)C(=O)O. The molecule has 0 saturated carbocycles. The van der Waals surface area contributed by atoms with Crippen LogP contribution in [0.25, 0.3) is 0 Å². The summed E-state index contributed by atoms with van der Waals surface area (Å²) in [6.45, 7) is -0.931. The molecular formula is C10H13FNO6P. The molecule has 0 unspecified atom stereocenters. The van der Waals surface area contributed by atoms with E-state index in [9.17, 15) is 13.8 Å². The van der Waals surface area contributed by atoms with Crippen molar-refractivity contribution in [2.45, 2.75) is 19.1 Å². The largest absolute Gasteiger partial charge is 0.524 e. The van der Waals surface area contributed by atoms with Gasteiger partial charge in [-0.25, -0.2) is 8.96 Å². The highest BCUT2D eigenvalue weighted by molar-refractivity contribution is 7.46. The third kappa shape index (κ3) is 4.96. The number of rotatable bonds is 6. The average molecular weight is 293 g/mol. The molecule has 0 aliphatic rings. The number of phosphoric acid groups is 1. The number of carbonyl (C=O) groups is 1. The summed E-state index contributed by atoms with van der Waals surface area (Å²) in [7, 11) is -4.72.